The largest absolute Gasteiger partial charge is 0.463 e. The van der Waals surface area contributed by atoms with Gasteiger partial charge in [0.2, 0.25) is 5.78 Å². The molecule has 1 rings (SSSR count). The van der Waals surface area contributed by atoms with Gasteiger partial charge in [0.25, 0.3) is 0 Å². The summed E-state index contributed by atoms with van der Waals surface area (Å²) in [5.41, 5.74) is 0.00544. The Labute approximate surface area is 125 Å². The molecule has 0 heterocycles. The minimum absolute atomic E-state index is 0.145. The van der Waals surface area contributed by atoms with Gasteiger partial charge in [-0.2, -0.15) is 0 Å². The summed E-state index contributed by atoms with van der Waals surface area (Å²) in [6.45, 7) is 3.58. The van der Waals surface area contributed by atoms with Crippen molar-refractivity contribution in [2.75, 3.05) is 6.61 Å². The van der Waals surface area contributed by atoms with Crippen LogP contribution in [0.25, 0.3) is 0 Å². The third-order valence-corrected chi connectivity index (χ3v) is 3.12. The summed E-state index contributed by atoms with van der Waals surface area (Å²) in [4.78, 5) is 23.7. The van der Waals surface area contributed by atoms with Gasteiger partial charge in [-0.25, -0.2) is 9.18 Å². The first-order valence-electron chi connectivity index (χ1n) is 6.37. The molecule has 20 heavy (non-hydrogen) atoms. The minimum Gasteiger partial charge on any atom is -0.463 e. The lowest BCUT2D eigenvalue weighted by Crippen LogP contribution is -2.13. The van der Waals surface area contributed by atoms with Gasteiger partial charge in [0.1, 0.15) is 0 Å². The van der Waals surface area contributed by atoms with Crippen LogP contribution in [0.5, 0.6) is 0 Å². The number of esters is 1. The molecule has 0 aliphatic carbocycles. The summed E-state index contributed by atoms with van der Waals surface area (Å²) in [5.74, 6) is -2.60. The SMILES string of the molecule is CCC/C(C(=O)OCC)=C(\F)C(=O)c1ccc(Br)cc1. The van der Waals surface area contributed by atoms with Crippen LogP contribution in [0.2, 0.25) is 0 Å². The Morgan fingerprint density at radius 1 is 1.20 bits per heavy atom. The van der Waals surface area contributed by atoms with E-state index in [-0.39, 0.29) is 24.2 Å². The summed E-state index contributed by atoms with van der Waals surface area (Å²) < 4.78 is 19.8. The maximum Gasteiger partial charge on any atom is 0.337 e. The van der Waals surface area contributed by atoms with E-state index in [4.69, 9.17) is 4.74 Å². The summed E-state index contributed by atoms with van der Waals surface area (Å²) in [6, 6.07) is 6.29. The van der Waals surface area contributed by atoms with Crippen molar-refractivity contribution in [1.82, 2.24) is 0 Å². The molecule has 0 saturated carbocycles. The number of carbonyl (C=O) groups excluding carboxylic acids is 2. The molecule has 1 aromatic rings. The number of hydrogen-bond donors (Lipinski definition) is 0. The zero-order valence-corrected chi connectivity index (χ0v) is 13.0. The molecule has 1 aromatic carbocycles. The van der Waals surface area contributed by atoms with E-state index in [1.54, 1.807) is 26.0 Å². The first-order valence-corrected chi connectivity index (χ1v) is 7.16. The van der Waals surface area contributed by atoms with Gasteiger partial charge in [0, 0.05) is 10.0 Å². The minimum atomic E-state index is -1.03. The van der Waals surface area contributed by atoms with E-state index in [2.05, 4.69) is 15.9 Å². The second-order valence-corrected chi connectivity index (χ2v) is 5.01. The molecular weight excluding hydrogens is 327 g/mol. The molecule has 0 atom stereocenters. The van der Waals surface area contributed by atoms with E-state index in [0.29, 0.717) is 6.42 Å². The molecule has 0 amide bonds. The summed E-state index contributed by atoms with van der Waals surface area (Å²) >= 11 is 3.24. The van der Waals surface area contributed by atoms with Gasteiger partial charge in [-0.3, -0.25) is 4.79 Å². The van der Waals surface area contributed by atoms with Crippen LogP contribution in [0.4, 0.5) is 4.39 Å². The number of ether oxygens (including phenoxy) is 1. The molecule has 0 bridgehead atoms. The molecule has 0 saturated heterocycles. The third-order valence-electron chi connectivity index (χ3n) is 2.59. The molecule has 0 radical (unpaired) electrons. The zero-order valence-electron chi connectivity index (χ0n) is 11.4. The standard InChI is InChI=1S/C15H16BrFO3/c1-3-5-12(15(19)20-4-2)13(17)14(18)10-6-8-11(16)9-7-10/h6-9H,3-5H2,1-2H3/b13-12+. The van der Waals surface area contributed by atoms with Gasteiger partial charge < -0.3 is 4.74 Å². The molecule has 108 valence electrons. The van der Waals surface area contributed by atoms with Crippen molar-refractivity contribution in [2.45, 2.75) is 26.7 Å². The van der Waals surface area contributed by atoms with Crippen molar-refractivity contribution in [3.05, 3.63) is 45.7 Å². The van der Waals surface area contributed by atoms with Crippen LogP contribution in [-0.2, 0) is 9.53 Å². The molecular formula is C15H16BrFO3. The van der Waals surface area contributed by atoms with Gasteiger partial charge in [0.05, 0.1) is 12.2 Å². The number of Topliss-reactive ketones (excluding diaryl/α,β-unsaturated/α-hetero) is 1. The Balaban J connectivity index is 3.10. The van der Waals surface area contributed by atoms with Crippen molar-refractivity contribution in [3.63, 3.8) is 0 Å². The molecule has 5 heteroatoms. The normalized spacial score (nSPS) is 11.8. The fourth-order valence-electron chi connectivity index (χ4n) is 1.63. The van der Waals surface area contributed by atoms with Gasteiger partial charge in [-0.1, -0.05) is 29.3 Å². The zero-order chi connectivity index (χ0) is 15.1. The molecule has 0 aliphatic rings. The van der Waals surface area contributed by atoms with E-state index in [1.165, 1.54) is 12.1 Å². The van der Waals surface area contributed by atoms with Crippen LogP contribution >= 0.6 is 15.9 Å². The summed E-state index contributed by atoms with van der Waals surface area (Å²) in [5, 5.41) is 0. The third kappa shape index (κ3) is 4.27. The highest BCUT2D eigenvalue weighted by molar-refractivity contribution is 9.10. The molecule has 0 aromatic heterocycles. The highest BCUT2D eigenvalue weighted by atomic mass is 79.9. The molecule has 3 nitrogen and oxygen atoms in total. The Morgan fingerprint density at radius 3 is 2.30 bits per heavy atom. The molecule has 0 spiro atoms. The van der Waals surface area contributed by atoms with E-state index in [9.17, 15) is 14.0 Å². The quantitative estimate of drug-likeness (QED) is 0.441. The Kier molecular flexibility index (Phi) is 6.58. The number of benzene rings is 1. The van der Waals surface area contributed by atoms with Crippen molar-refractivity contribution >= 4 is 27.7 Å². The lowest BCUT2D eigenvalue weighted by Gasteiger charge is -2.07. The highest BCUT2D eigenvalue weighted by Gasteiger charge is 2.22. The van der Waals surface area contributed by atoms with E-state index in [1.807, 2.05) is 0 Å². The molecule has 0 fully saturated rings. The van der Waals surface area contributed by atoms with Crippen LogP contribution in [0.3, 0.4) is 0 Å². The highest BCUT2D eigenvalue weighted by Crippen LogP contribution is 2.20. The monoisotopic (exact) mass is 342 g/mol. The topological polar surface area (TPSA) is 43.4 Å². The number of ketones is 1. The number of rotatable bonds is 6. The maximum absolute atomic E-state index is 14.2. The summed E-state index contributed by atoms with van der Waals surface area (Å²) in [7, 11) is 0. The lowest BCUT2D eigenvalue weighted by molar-refractivity contribution is -0.138. The maximum atomic E-state index is 14.2. The van der Waals surface area contributed by atoms with Crippen LogP contribution in [-0.4, -0.2) is 18.4 Å². The first kappa shape index (κ1) is 16.6. The molecule has 0 unspecified atom stereocenters. The molecule has 0 N–H and O–H groups in total. The van der Waals surface area contributed by atoms with Crippen molar-refractivity contribution in [2.24, 2.45) is 0 Å². The van der Waals surface area contributed by atoms with Crippen molar-refractivity contribution in [3.8, 4) is 0 Å². The second-order valence-electron chi connectivity index (χ2n) is 4.10. The smallest absolute Gasteiger partial charge is 0.337 e. The predicted molar refractivity (Wildman–Crippen MR) is 78.1 cm³/mol. The fourth-order valence-corrected chi connectivity index (χ4v) is 1.90. The number of hydrogen-bond acceptors (Lipinski definition) is 3. The fraction of sp³-hybridized carbons (Fsp3) is 0.333. The van der Waals surface area contributed by atoms with Crippen LogP contribution in [0.15, 0.2) is 40.1 Å². The van der Waals surface area contributed by atoms with Gasteiger partial charge in [-0.05, 0) is 37.6 Å². The van der Waals surface area contributed by atoms with Gasteiger partial charge in [-0.15, -0.1) is 0 Å². The van der Waals surface area contributed by atoms with Crippen molar-refractivity contribution in [1.29, 1.82) is 0 Å². The second kappa shape index (κ2) is 7.94. The van der Waals surface area contributed by atoms with Gasteiger partial charge in [0.15, 0.2) is 5.83 Å². The van der Waals surface area contributed by atoms with E-state index < -0.39 is 17.6 Å². The number of allylic oxidation sites excluding steroid dienone is 1. The van der Waals surface area contributed by atoms with Crippen LogP contribution in [0.1, 0.15) is 37.0 Å². The number of carbonyl (C=O) groups is 2. The van der Waals surface area contributed by atoms with E-state index in [0.717, 1.165) is 4.47 Å². The van der Waals surface area contributed by atoms with Crippen LogP contribution < -0.4 is 0 Å². The summed E-state index contributed by atoms with van der Waals surface area (Å²) in [6.07, 6.45) is 0.724. The Hall–Kier alpha value is -1.49. The Bertz CT molecular complexity index is 520. The predicted octanol–water partition coefficient (Wildman–Crippen LogP) is 4.22. The van der Waals surface area contributed by atoms with E-state index >= 15 is 0 Å². The average Bonchev–Trinajstić information content (AvgIpc) is 2.44. The lowest BCUT2D eigenvalue weighted by atomic mass is 10.0. The Morgan fingerprint density at radius 2 is 1.80 bits per heavy atom. The first-order chi connectivity index (χ1) is 9.51. The molecule has 0 aliphatic heterocycles. The number of halogens is 2. The van der Waals surface area contributed by atoms with Crippen LogP contribution in [0, 0.1) is 0 Å². The van der Waals surface area contributed by atoms with Gasteiger partial charge >= 0.3 is 5.97 Å². The average molecular weight is 343 g/mol. The van der Waals surface area contributed by atoms with Crippen molar-refractivity contribution < 1.29 is 18.7 Å².